The van der Waals surface area contributed by atoms with E-state index in [1.54, 1.807) is 0 Å². The molecule has 0 saturated heterocycles. The van der Waals surface area contributed by atoms with Crippen LogP contribution in [0, 0.1) is 5.92 Å². The highest BCUT2D eigenvalue weighted by Gasteiger charge is 2.21. The summed E-state index contributed by atoms with van der Waals surface area (Å²) in [5.41, 5.74) is 6.22. The molecular formula is C13H21NS. The minimum absolute atomic E-state index is 0.465. The Balaban J connectivity index is 1.64. The molecule has 1 fully saturated rings. The molecule has 2 rings (SSSR count). The van der Waals surface area contributed by atoms with Gasteiger partial charge >= 0.3 is 0 Å². The minimum Gasteiger partial charge on any atom is -0.327 e. The standard InChI is InChI=1S/C13H21NS/c14-13(11-5-1-2-6-11)9-3-7-12-8-4-10-15-12/h4,8,10-11,13H,1-3,5-7,9,14H2. The van der Waals surface area contributed by atoms with Gasteiger partial charge in [-0.1, -0.05) is 18.9 Å². The van der Waals surface area contributed by atoms with Crippen LogP contribution in [-0.4, -0.2) is 6.04 Å². The fourth-order valence-corrected chi connectivity index (χ4v) is 3.34. The lowest BCUT2D eigenvalue weighted by molar-refractivity contribution is 0.402. The van der Waals surface area contributed by atoms with E-state index in [1.165, 1.54) is 49.8 Å². The minimum atomic E-state index is 0.465. The van der Waals surface area contributed by atoms with Gasteiger partial charge in [0.25, 0.3) is 0 Å². The average Bonchev–Trinajstić information content (AvgIpc) is 2.90. The van der Waals surface area contributed by atoms with Crippen molar-refractivity contribution in [2.75, 3.05) is 0 Å². The fourth-order valence-electron chi connectivity index (χ4n) is 2.59. The second-order valence-corrected chi connectivity index (χ2v) is 5.71. The Morgan fingerprint density at radius 2 is 2.20 bits per heavy atom. The third-order valence-electron chi connectivity index (χ3n) is 3.55. The number of hydrogen-bond acceptors (Lipinski definition) is 2. The molecule has 1 aromatic heterocycles. The smallest absolute Gasteiger partial charge is 0.00672 e. The van der Waals surface area contributed by atoms with Gasteiger partial charge in [0.15, 0.2) is 0 Å². The lowest BCUT2D eigenvalue weighted by Crippen LogP contribution is -2.28. The van der Waals surface area contributed by atoms with Crippen molar-refractivity contribution in [3.63, 3.8) is 0 Å². The van der Waals surface area contributed by atoms with Gasteiger partial charge in [-0.25, -0.2) is 0 Å². The number of hydrogen-bond donors (Lipinski definition) is 1. The molecule has 0 bridgehead atoms. The second-order valence-electron chi connectivity index (χ2n) is 4.68. The predicted molar refractivity (Wildman–Crippen MR) is 67.2 cm³/mol. The first-order valence-electron chi connectivity index (χ1n) is 6.14. The van der Waals surface area contributed by atoms with E-state index in [0.29, 0.717) is 6.04 Å². The van der Waals surface area contributed by atoms with Gasteiger partial charge in [0.05, 0.1) is 0 Å². The molecule has 0 radical (unpaired) electrons. The van der Waals surface area contributed by atoms with Crippen LogP contribution in [0.1, 0.15) is 43.4 Å². The number of rotatable bonds is 5. The molecule has 1 nitrogen and oxygen atoms in total. The summed E-state index contributed by atoms with van der Waals surface area (Å²) in [6.45, 7) is 0. The van der Waals surface area contributed by atoms with Crippen LogP contribution in [0.4, 0.5) is 0 Å². The maximum absolute atomic E-state index is 6.22. The molecule has 1 aliphatic rings. The Kier molecular flexibility index (Phi) is 4.21. The van der Waals surface area contributed by atoms with Gasteiger partial charge in [-0.3, -0.25) is 0 Å². The zero-order chi connectivity index (χ0) is 10.5. The topological polar surface area (TPSA) is 26.0 Å². The fraction of sp³-hybridized carbons (Fsp3) is 0.692. The van der Waals surface area contributed by atoms with Gasteiger partial charge < -0.3 is 5.73 Å². The van der Waals surface area contributed by atoms with E-state index >= 15 is 0 Å². The summed E-state index contributed by atoms with van der Waals surface area (Å²) in [4.78, 5) is 1.51. The average molecular weight is 223 g/mol. The molecule has 1 heterocycles. The lowest BCUT2D eigenvalue weighted by atomic mass is 9.94. The molecular weight excluding hydrogens is 202 g/mol. The molecule has 0 aliphatic heterocycles. The number of thiophene rings is 1. The molecule has 1 aliphatic carbocycles. The molecule has 15 heavy (non-hydrogen) atoms. The Morgan fingerprint density at radius 1 is 1.40 bits per heavy atom. The highest BCUT2D eigenvalue weighted by molar-refractivity contribution is 7.09. The largest absolute Gasteiger partial charge is 0.327 e. The highest BCUT2D eigenvalue weighted by Crippen LogP contribution is 2.28. The van der Waals surface area contributed by atoms with Crippen molar-refractivity contribution in [1.29, 1.82) is 0 Å². The van der Waals surface area contributed by atoms with Crippen molar-refractivity contribution in [1.82, 2.24) is 0 Å². The Morgan fingerprint density at radius 3 is 2.87 bits per heavy atom. The van der Waals surface area contributed by atoms with Crippen molar-refractivity contribution in [3.8, 4) is 0 Å². The molecule has 1 unspecified atom stereocenters. The summed E-state index contributed by atoms with van der Waals surface area (Å²) in [7, 11) is 0. The monoisotopic (exact) mass is 223 g/mol. The van der Waals surface area contributed by atoms with Crippen LogP contribution in [0.3, 0.4) is 0 Å². The van der Waals surface area contributed by atoms with Gasteiger partial charge in [-0.05, 0) is 49.5 Å². The third-order valence-corrected chi connectivity index (χ3v) is 4.48. The Bertz CT molecular complexity index is 262. The number of aryl methyl sites for hydroxylation is 1. The maximum Gasteiger partial charge on any atom is 0.00672 e. The van der Waals surface area contributed by atoms with Gasteiger partial charge in [0.2, 0.25) is 0 Å². The van der Waals surface area contributed by atoms with Crippen LogP contribution >= 0.6 is 11.3 Å². The van der Waals surface area contributed by atoms with Gasteiger partial charge in [0, 0.05) is 10.9 Å². The molecule has 2 N–H and O–H groups in total. The van der Waals surface area contributed by atoms with E-state index in [9.17, 15) is 0 Å². The van der Waals surface area contributed by atoms with Crippen LogP contribution in [0.5, 0.6) is 0 Å². The second kappa shape index (κ2) is 5.66. The van der Waals surface area contributed by atoms with Crippen LogP contribution in [0.2, 0.25) is 0 Å². The van der Waals surface area contributed by atoms with Gasteiger partial charge in [0.1, 0.15) is 0 Å². The summed E-state index contributed by atoms with van der Waals surface area (Å²) in [6.07, 6.45) is 9.26. The molecule has 84 valence electrons. The lowest BCUT2D eigenvalue weighted by Gasteiger charge is -2.18. The molecule has 1 aromatic rings. The zero-order valence-corrected chi connectivity index (χ0v) is 10.1. The van der Waals surface area contributed by atoms with E-state index in [2.05, 4.69) is 17.5 Å². The Hall–Kier alpha value is -0.340. The third kappa shape index (κ3) is 3.32. The maximum atomic E-state index is 6.22. The summed E-state index contributed by atoms with van der Waals surface area (Å²) in [6, 6.07) is 4.83. The molecule has 0 aromatic carbocycles. The molecule has 0 spiro atoms. The highest BCUT2D eigenvalue weighted by atomic mass is 32.1. The van der Waals surface area contributed by atoms with E-state index < -0.39 is 0 Å². The van der Waals surface area contributed by atoms with Crippen molar-refractivity contribution in [2.45, 2.75) is 51.0 Å². The van der Waals surface area contributed by atoms with Crippen LogP contribution < -0.4 is 5.73 Å². The normalized spacial score (nSPS) is 19.5. The van der Waals surface area contributed by atoms with Gasteiger partial charge in [-0.15, -0.1) is 11.3 Å². The van der Waals surface area contributed by atoms with Crippen molar-refractivity contribution < 1.29 is 0 Å². The SMILES string of the molecule is NC(CCCc1cccs1)C1CCCC1. The quantitative estimate of drug-likeness (QED) is 0.811. The van der Waals surface area contributed by atoms with E-state index in [1.807, 2.05) is 11.3 Å². The molecule has 2 heteroatoms. The number of nitrogens with two attached hydrogens (primary N) is 1. The van der Waals surface area contributed by atoms with Crippen LogP contribution in [0.15, 0.2) is 17.5 Å². The Labute approximate surface area is 96.7 Å². The summed E-state index contributed by atoms with van der Waals surface area (Å²) in [5.74, 6) is 0.827. The molecule has 0 amide bonds. The summed E-state index contributed by atoms with van der Waals surface area (Å²) in [5, 5.41) is 2.16. The van der Waals surface area contributed by atoms with Crippen LogP contribution in [-0.2, 0) is 6.42 Å². The molecule has 1 saturated carbocycles. The van der Waals surface area contributed by atoms with Gasteiger partial charge in [-0.2, -0.15) is 0 Å². The summed E-state index contributed by atoms with van der Waals surface area (Å²) < 4.78 is 0. The first-order valence-corrected chi connectivity index (χ1v) is 7.02. The van der Waals surface area contributed by atoms with E-state index in [4.69, 9.17) is 5.73 Å². The van der Waals surface area contributed by atoms with Crippen molar-refractivity contribution >= 4 is 11.3 Å². The van der Waals surface area contributed by atoms with E-state index in [-0.39, 0.29) is 0 Å². The first kappa shape index (κ1) is 11.2. The van der Waals surface area contributed by atoms with E-state index in [0.717, 1.165) is 5.92 Å². The van der Waals surface area contributed by atoms with Crippen LogP contribution in [0.25, 0.3) is 0 Å². The predicted octanol–water partition coefficient (Wildman–Crippen LogP) is 3.59. The van der Waals surface area contributed by atoms with Crippen molar-refractivity contribution in [3.05, 3.63) is 22.4 Å². The molecule has 1 atom stereocenters. The van der Waals surface area contributed by atoms with Crippen molar-refractivity contribution in [2.24, 2.45) is 11.7 Å². The summed E-state index contributed by atoms with van der Waals surface area (Å²) >= 11 is 1.87. The first-order chi connectivity index (χ1) is 7.36. The zero-order valence-electron chi connectivity index (χ0n) is 9.32.